The number of nitrogens with zero attached hydrogens (tertiary/aromatic N) is 1. The second-order valence-corrected chi connectivity index (χ2v) is 5.29. The summed E-state index contributed by atoms with van der Waals surface area (Å²) in [6.07, 6.45) is 9.78. The van der Waals surface area contributed by atoms with Crippen LogP contribution in [-0.4, -0.2) is 25.5 Å². The van der Waals surface area contributed by atoms with Crippen molar-refractivity contribution in [3.05, 3.63) is 23.8 Å². The van der Waals surface area contributed by atoms with Crippen molar-refractivity contribution in [2.45, 2.75) is 44.6 Å². The van der Waals surface area contributed by atoms with Gasteiger partial charge in [0.2, 0.25) is 0 Å². The number of hydrogen-bond acceptors (Lipinski definition) is 3. The van der Waals surface area contributed by atoms with Crippen molar-refractivity contribution in [2.24, 2.45) is 4.99 Å². The molecule has 0 atom stereocenters. The summed E-state index contributed by atoms with van der Waals surface area (Å²) in [6.45, 7) is 1.26. The maximum atomic E-state index is 5.70. The fourth-order valence-corrected chi connectivity index (χ4v) is 2.79. The predicted molar refractivity (Wildman–Crippen MR) is 76.5 cm³/mol. The Kier molecular flexibility index (Phi) is 4.01. The SMILES string of the molecule is C(=N\C1CCCCCC1)/c1cccc2c1OCCO2. The lowest BCUT2D eigenvalue weighted by Gasteiger charge is -2.19. The van der Waals surface area contributed by atoms with Crippen LogP contribution in [0.15, 0.2) is 23.2 Å². The lowest BCUT2D eigenvalue weighted by molar-refractivity contribution is 0.171. The van der Waals surface area contributed by atoms with Gasteiger partial charge >= 0.3 is 0 Å². The molecule has 0 unspecified atom stereocenters. The second-order valence-electron chi connectivity index (χ2n) is 5.29. The summed E-state index contributed by atoms with van der Waals surface area (Å²) in [4.78, 5) is 4.76. The number of hydrogen-bond donors (Lipinski definition) is 0. The summed E-state index contributed by atoms with van der Waals surface area (Å²) in [5.41, 5.74) is 1.04. The van der Waals surface area contributed by atoms with E-state index in [1.807, 2.05) is 24.4 Å². The molecule has 1 aromatic carbocycles. The van der Waals surface area contributed by atoms with E-state index in [1.165, 1.54) is 38.5 Å². The summed E-state index contributed by atoms with van der Waals surface area (Å²) < 4.78 is 11.3. The average molecular weight is 259 g/mol. The van der Waals surface area contributed by atoms with Crippen LogP contribution in [0.2, 0.25) is 0 Å². The molecule has 0 saturated heterocycles. The van der Waals surface area contributed by atoms with E-state index in [-0.39, 0.29) is 0 Å². The Morgan fingerprint density at radius 3 is 2.63 bits per heavy atom. The molecule has 0 aromatic heterocycles. The molecule has 0 amide bonds. The van der Waals surface area contributed by atoms with Crippen LogP contribution < -0.4 is 9.47 Å². The highest BCUT2D eigenvalue weighted by molar-refractivity contribution is 5.85. The highest BCUT2D eigenvalue weighted by Gasteiger charge is 2.15. The number of rotatable bonds is 2. The highest BCUT2D eigenvalue weighted by atomic mass is 16.6. The van der Waals surface area contributed by atoms with E-state index in [4.69, 9.17) is 14.5 Å². The molecule has 3 rings (SSSR count). The van der Waals surface area contributed by atoms with Crippen LogP contribution in [0.1, 0.15) is 44.1 Å². The number of fused-ring (bicyclic) bond motifs is 1. The summed E-state index contributed by atoms with van der Waals surface area (Å²) in [6, 6.07) is 6.50. The first-order valence-electron chi connectivity index (χ1n) is 7.35. The number of benzene rings is 1. The van der Waals surface area contributed by atoms with Crippen LogP contribution in [-0.2, 0) is 0 Å². The van der Waals surface area contributed by atoms with Crippen molar-refractivity contribution in [3.63, 3.8) is 0 Å². The molecule has 1 saturated carbocycles. The van der Waals surface area contributed by atoms with Crippen LogP contribution in [0, 0.1) is 0 Å². The topological polar surface area (TPSA) is 30.8 Å². The van der Waals surface area contributed by atoms with Gasteiger partial charge < -0.3 is 9.47 Å². The largest absolute Gasteiger partial charge is 0.486 e. The molecule has 102 valence electrons. The monoisotopic (exact) mass is 259 g/mol. The zero-order chi connectivity index (χ0) is 12.9. The first kappa shape index (κ1) is 12.5. The van der Waals surface area contributed by atoms with E-state index in [2.05, 4.69) is 0 Å². The molecule has 0 spiro atoms. The van der Waals surface area contributed by atoms with Crippen molar-refractivity contribution in [3.8, 4) is 11.5 Å². The van der Waals surface area contributed by atoms with Gasteiger partial charge in [0.1, 0.15) is 13.2 Å². The smallest absolute Gasteiger partial charge is 0.170 e. The summed E-state index contributed by atoms with van der Waals surface area (Å²) in [7, 11) is 0. The number of aliphatic imine (C=N–C) groups is 1. The Hall–Kier alpha value is -1.51. The molecule has 0 N–H and O–H groups in total. The maximum absolute atomic E-state index is 5.70. The van der Waals surface area contributed by atoms with Crippen molar-refractivity contribution >= 4 is 6.21 Å². The van der Waals surface area contributed by atoms with Crippen molar-refractivity contribution in [1.82, 2.24) is 0 Å². The third-order valence-electron chi connectivity index (χ3n) is 3.85. The molecular weight excluding hydrogens is 238 g/mol. The van der Waals surface area contributed by atoms with Crippen molar-refractivity contribution < 1.29 is 9.47 Å². The molecule has 2 aliphatic rings. The molecular formula is C16H21NO2. The Labute approximate surface area is 114 Å². The van der Waals surface area contributed by atoms with E-state index in [9.17, 15) is 0 Å². The summed E-state index contributed by atoms with van der Waals surface area (Å²) in [5.74, 6) is 1.70. The molecule has 0 radical (unpaired) electrons. The second kappa shape index (κ2) is 6.09. The minimum Gasteiger partial charge on any atom is -0.486 e. The van der Waals surface area contributed by atoms with Gasteiger partial charge in [0, 0.05) is 17.8 Å². The fourth-order valence-electron chi connectivity index (χ4n) is 2.79. The summed E-state index contributed by atoms with van der Waals surface area (Å²) in [5, 5.41) is 0. The van der Waals surface area contributed by atoms with Crippen LogP contribution in [0.5, 0.6) is 11.5 Å². The number of para-hydroxylation sites is 1. The zero-order valence-electron chi connectivity index (χ0n) is 11.3. The molecule has 1 aliphatic carbocycles. The first-order valence-corrected chi connectivity index (χ1v) is 7.35. The molecule has 1 aliphatic heterocycles. The Bertz CT molecular complexity index is 448. The molecule has 3 heteroatoms. The maximum Gasteiger partial charge on any atom is 0.170 e. The minimum absolute atomic E-state index is 0.489. The molecule has 1 heterocycles. The molecule has 1 aromatic rings. The van der Waals surface area contributed by atoms with Crippen LogP contribution in [0.3, 0.4) is 0 Å². The average Bonchev–Trinajstić information content (AvgIpc) is 2.74. The van der Waals surface area contributed by atoms with Gasteiger partial charge in [-0.2, -0.15) is 0 Å². The Morgan fingerprint density at radius 1 is 1.00 bits per heavy atom. The Morgan fingerprint density at radius 2 is 1.79 bits per heavy atom. The molecule has 1 fully saturated rings. The summed E-state index contributed by atoms with van der Waals surface area (Å²) >= 11 is 0. The van der Waals surface area contributed by atoms with Gasteiger partial charge in [-0.15, -0.1) is 0 Å². The normalized spacial score (nSPS) is 20.4. The first-order chi connectivity index (χ1) is 9.43. The van der Waals surface area contributed by atoms with E-state index < -0.39 is 0 Å². The van der Waals surface area contributed by atoms with Crippen molar-refractivity contribution in [2.75, 3.05) is 13.2 Å². The molecule has 3 nitrogen and oxygen atoms in total. The van der Waals surface area contributed by atoms with Crippen molar-refractivity contribution in [1.29, 1.82) is 0 Å². The van der Waals surface area contributed by atoms with Gasteiger partial charge in [0.15, 0.2) is 11.5 Å². The predicted octanol–water partition coefficient (Wildman–Crippen LogP) is 3.60. The van der Waals surface area contributed by atoms with E-state index >= 15 is 0 Å². The third kappa shape index (κ3) is 3.09. The zero-order valence-corrected chi connectivity index (χ0v) is 11.3. The van der Waals surface area contributed by atoms with Gasteiger partial charge in [-0.05, 0) is 25.0 Å². The Balaban J connectivity index is 1.75. The van der Waals surface area contributed by atoms with Crippen LogP contribution in [0.25, 0.3) is 0 Å². The van der Waals surface area contributed by atoms with E-state index in [0.717, 1.165) is 17.1 Å². The van der Waals surface area contributed by atoms with Gasteiger partial charge in [0.05, 0.1) is 0 Å². The van der Waals surface area contributed by atoms with E-state index in [0.29, 0.717) is 19.3 Å². The lowest BCUT2D eigenvalue weighted by atomic mass is 10.1. The van der Waals surface area contributed by atoms with Gasteiger partial charge in [-0.1, -0.05) is 31.7 Å². The van der Waals surface area contributed by atoms with Crippen LogP contribution in [0.4, 0.5) is 0 Å². The molecule has 0 bridgehead atoms. The number of ether oxygens (including phenoxy) is 2. The lowest BCUT2D eigenvalue weighted by Crippen LogP contribution is -2.16. The van der Waals surface area contributed by atoms with Gasteiger partial charge in [-0.25, -0.2) is 0 Å². The fraction of sp³-hybridized carbons (Fsp3) is 0.562. The van der Waals surface area contributed by atoms with E-state index in [1.54, 1.807) is 0 Å². The quantitative estimate of drug-likeness (QED) is 0.600. The minimum atomic E-state index is 0.489. The third-order valence-corrected chi connectivity index (χ3v) is 3.85. The van der Waals surface area contributed by atoms with Crippen LogP contribution >= 0.6 is 0 Å². The molecule has 19 heavy (non-hydrogen) atoms. The van der Waals surface area contributed by atoms with Gasteiger partial charge in [0.25, 0.3) is 0 Å². The van der Waals surface area contributed by atoms with Gasteiger partial charge in [-0.3, -0.25) is 4.99 Å². The standard InChI is InChI=1S/C16H21NO2/c1-2-4-8-14(7-3-1)17-12-13-6-5-9-15-16(13)19-11-10-18-15/h5-6,9,12,14H,1-4,7-8,10-11H2/b17-12+. The highest BCUT2D eigenvalue weighted by Crippen LogP contribution is 2.32.